The molecule has 1 unspecified atom stereocenters. The average molecular weight is 315 g/mol. The zero-order valence-electron chi connectivity index (χ0n) is 11.9. The number of fused-ring (bicyclic) bond motifs is 1. The van der Waals surface area contributed by atoms with Gasteiger partial charge in [0.15, 0.2) is 0 Å². The van der Waals surface area contributed by atoms with E-state index >= 15 is 0 Å². The molecule has 1 aromatic carbocycles. The van der Waals surface area contributed by atoms with Crippen molar-refractivity contribution < 1.29 is 24.5 Å². The normalized spacial score (nSPS) is 16.3. The Morgan fingerprint density at radius 3 is 2.70 bits per heavy atom. The number of ether oxygens (including phenoxy) is 1. The second-order valence-electron chi connectivity index (χ2n) is 4.96. The number of benzene rings is 1. The first kappa shape index (κ1) is 14.8. The molecule has 1 atom stereocenters. The van der Waals surface area contributed by atoms with E-state index in [0.29, 0.717) is 17.7 Å². The maximum Gasteiger partial charge on any atom is 0.322 e. The molecule has 0 saturated carbocycles. The van der Waals surface area contributed by atoms with Crippen LogP contribution in [0, 0.1) is 0 Å². The SMILES string of the molecule is O=C(O)CNC(=O)c1c(O)cc(C2C=COC2)c2nccnc12. The summed E-state index contributed by atoms with van der Waals surface area (Å²) in [5.74, 6) is -2.29. The molecule has 2 aromatic rings. The van der Waals surface area contributed by atoms with E-state index in [-0.39, 0.29) is 22.7 Å². The van der Waals surface area contributed by atoms with Gasteiger partial charge in [-0.25, -0.2) is 0 Å². The van der Waals surface area contributed by atoms with Crippen LogP contribution in [0.25, 0.3) is 11.0 Å². The number of hydrogen-bond donors (Lipinski definition) is 3. The molecular weight excluding hydrogens is 302 g/mol. The van der Waals surface area contributed by atoms with Gasteiger partial charge in [-0.2, -0.15) is 0 Å². The molecule has 1 amide bonds. The Balaban J connectivity index is 2.11. The van der Waals surface area contributed by atoms with Crippen LogP contribution in [0.1, 0.15) is 21.8 Å². The van der Waals surface area contributed by atoms with Crippen LogP contribution in [0.2, 0.25) is 0 Å². The number of carbonyl (C=O) groups excluding carboxylic acids is 1. The van der Waals surface area contributed by atoms with Crippen molar-refractivity contribution in [3.8, 4) is 5.75 Å². The summed E-state index contributed by atoms with van der Waals surface area (Å²) in [5, 5.41) is 21.1. The lowest BCUT2D eigenvalue weighted by Gasteiger charge is -2.14. The Labute approximate surface area is 130 Å². The van der Waals surface area contributed by atoms with Crippen molar-refractivity contribution in [3.63, 3.8) is 0 Å². The van der Waals surface area contributed by atoms with Gasteiger partial charge >= 0.3 is 5.97 Å². The minimum absolute atomic E-state index is 0.0963. The Kier molecular flexibility index (Phi) is 3.80. The number of phenols is 1. The number of rotatable bonds is 4. The molecule has 1 aromatic heterocycles. The Hall–Kier alpha value is -3.16. The van der Waals surface area contributed by atoms with E-state index in [2.05, 4.69) is 15.3 Å². The van der Waals surface area contributed by atoms with E-state index in [1.54, 1.807) is 6.26 Å². The highest BCUT2D eigenvalue weighted by Crippen LogP contribution is 2.34. The Morgan fingerprint density at radius 1 is 1.30 bits per heavy atom. The van der Waals surface area contributed by atoms with Crippen molar-refractivity contribution in [2.24, 2.45) is 0 Å². The maximum absolute atomic E-state index is 12.2. The van der Waals surface area contributed by atoms with Gasteiger partial charge in [0.2, 0.25) is 0 Å². The fraction of sp³-hybridized carbons (Fsp3) is 0.200. The summed E-state index contributed by atoms with van der Waals surface area (Å²) in [6, 6.07) is 1.44. The third-order valence-electron chi connectivity index (χ3n) is 3.47. The molecule has 0 fully saturated rings. The largest absolute Gasteiger partial charge is 0.507 e. The topological polar surface area (TPSA) is 122 Å². The summed E-state index contributed by atoms with van der Waals surface area (Å²) >= 11 is 0. The zero-order valence-corrected chi connectivity index (χ0v) is 11.9. The van der Waals surface area contributed by atoms with Crippen LogP contribution in [0.4, 0.5) is 0 Å². The molecule has 0 bridgehead atoms. The highest BCUT2D eigenvalue weighted by molar-refractivity contribution is 6.08. The van der Waals surface area contributed by atoms with Gasteiger partial charge in [0.1, 0.15) is 23.4 Å². The van der Waals surface area contributed by atoms with Crippen molar-refractivity contribution in [1.82, 2.24) is 15.3 Å². The quantitative estimate of drug-likeness (QED) is 0.762. The first-order valence-corrected chi connectivity index (χ1v) is 6.82. The number of carboxylic acids is 1. The molecule has 8 nitrogen and oxygen atoms in total. The van der Waals surface area contributed by atoms with Crippen LogP contribution in [0.3, 0.4) is 0 Å². The third-order valence-corrected chi connectivity index (χ3v) is 3.47. The van der Waals surface area contributed by atoms with Gasteiger partial charge in [0, 0.05) is 18.3 Å². The van der Waals surface area contributed by atoms with Crippen LogP contribution < -0.4 is 5.32 Å². The van der Waals surface area contributed by atoms with E-state index < -0.39 is 18.4 Å². The molecule has 0 radical (unpaired) electrons. The van der Waals surface area contributed by atoms with Gasteiger partial charge in [0.25, 0.3) is 5.91 Å². The number of aromatic hydroxyl groups is 1. The minimum Gasteiger partial charge on any atom is -0.507 e. The molecule has 0 spiro atoms. The lowest BCUT2D eigenvalue weighted by atomic mass is 9.96. The Bertz CT molecular complexity index is 818. The Morgan fingerprint density at radius 2 is 2.04 bits per heavy atom. The number of aliphatic carboxylic acids is 1. The predicted octanol–water partition coefficient (Wildman–Crippen LogP) is 0.777. The number of carbonyl (C=O) groups is 2. The van der Waals surface area contributed by atoms with E-state index in [9.17, 15) is 14.7 Å². The van der Waals surface area contributed by atoms with Crippen LogP contribution in [-0.4, -0.2) is 45.2 Å². The summed E-state index contributed by atoms with van der Waals surface area (Å²) in [5.41, 5.74) is 1.27. The first-order valence-electron chi connectivity index (χ1n) is 6.82. The van der Waals surface area contributed by atoms with Crippen molar-refractivity contribution in [2.75, 3.05) is 13.2 Å². The number of amides is 1. The van der Waals surface area contributed by atoms with Crippen molar-refractivity contribution in [1.29, 1.82) is 0 Å². The molecule has 2 heterocycles. The molecule has 1 aliphatic heterocycles. The molecule has 1 aliphatic rings. The van der Waals surface area contributed by atoms with Crippen molar-refractivity contribution in [2.45, 2.75) is 5.92 Å². The van der Waals surface area contributed by atoms with Gasteiger partial charge in [-0.3, -0.25) is 19.6 Å². The maximum atomic E-state index is 12.2. The molecule has 8 heteroatoms. The number of nitrogens with zero attached hydrogens (tertiary/aromatic N) is 2. The fourth-order valence-corrected chi connectivity index (χ4v) is 2.45. The van der Waals surface area contributed by atoms with Crippen molar-refractivity contribution >= 4 is 22.9 Å². The van der Waals surface area contributed by atoms with Gasteiger partial charge < -0.3 is 20.3 Å². The molecule has 3 N–H and O–H groups in total. The van der Waals surface area contributed by atoms with Crippen LogP contribution in [-0.2, 0) is 9.53 Å². The molecule has 0 aliphatic carbocycles. The van der Waals surface area contributed by atoms with E-state index in [4.69, 9.17) is 9.84 Å². The highest BCUT2D eigenvalue weighted by Gasteiger charge is 2.24. The van der Waals surface area contributed by atoms with Crippen LogP contribution in [0.5, 0.6) is 5.75 Å². The predicted molar refractivity (Wildman–Crippen MR) is 79.0 cm³/mol. The zero-order chi connectivity index (χ0) is 16.4. The second kappa shape index (κ2) is 5.91. The van der Waals surface area contributed by atoms with Gasteiger partial charge in [-0.05, 0) is 17.7 Å². The van der Waals surface area contributed by atoms with Gasteiger partial charge in [-0.1, -0.05) is 0 Å². The summed E-state index contributed by atoms with van der Waals surface area (Å²) in [4.78, 5) is 31.1. The fourth-order valence-electron chi connectivity index (χ4n) is 2.45. The molecule has 3 rings (SSSR count). The monoisotopic (exact) mass is 315 g/mol. The number of carboxylic acid groups (broad SMARTS) is 1. The standard InChI is InChI=1S/C15H13N3O5/c19-10-5-9(8-1-4-23-7-8)13-14(17-3-2-16-13)12(10)15(22)18-6-11(20)21/h1-5,8,19H,6-7H2,(H,18,22)(H,20,21). The number of phenolic OH excluding ortho intramolecular Hbond substituents is 1. The number of nitrogens with one attached hydrogen (secondary N) is 1. The number of aromatic nitrogens is 2. The van der Waals surface area contributed by atoms with Gasteiger partial charge in [-0.15, -0.1) is 0 Å². The summed E-state index contributed by atoms with van der Waals surface area (Å²) in [6.07, 6.45) is 6.28. The second-order valence-corrected chi connectivity index (χ2v) is 4.96. The van der Waals surface area contributed by atoms with Crippen LogP contribution >= 0.6 is 0 Å². The van der Waals surface area contributed by atoms with E-state index in [1.165, 1.54) is 18.5 Å². The number of hydrogen-bond acceptors (Lipinski definition) is 6. The third kappa shape index (κ3) is 2.78. The minimum atomic E-state index is -1.18. The van der Waals surface area contributed by atoms with Crippen LogP contribution in [0.15, 0.2) is 30.8 Å². The van der Waals surface area contributed by atoms with E-state index in [0.717, 1.165) is 0 Å². The molecule has 0 saturated heterocycles. The molecule has 118 valence electrons. The first-order chi connectivity index (χ1) is 11.1. The lowest BCUT2D eigenvalue weighted by molar-refractivity contribution is -0.135. The smallest absolute Gasteiger partial charge is 0.322 e. The summed E-state index contributed by atoms with van der Waals surface area (Å²) in [7, 11) is 0. The van der Waals surface area contributed by atoms with E-state index in [1.807, 2.05) is 6.08 Å². The van der Waals surface area contributed by atoms with Gasteiger partial charge in [0.05, 0.1) is 18.4 Å². The highest BCUT2D eigenvalue weighted by atomic mass is 16.5. The molecule has 23 heavy (non-hydrogen) atoms. The lowest BCUT2D eigenvalue weighted by Crippen LogP contribution is -2.29. The molecular formula is C15H13N3O5. The average Bonchev–Trinajstić information content (AvgIpc) is 3.06. The summed E-state index contributed by atoms with van der Waals surface area (Å²) < 4.78 is 5.19. The summed E-state index contributed by atoms with van der Waals surface area (Å²) in [6.45, 7) is -0.142. The van der Waals surface area contributed by atoms with Crippen molar-refractivity contribution in [3.05, 3.63) is 41.9 Å².